The maximum atomic E-state index is 12.9. The van der Waals surface area contributed by atoms with E-state index < -0.39 is 11.5 Å². The molecular weight excluding hydrogens is 348 g/mol. The molecule has 1 aliphatic carbocycles. The van der Waals surface area contributed by atoms with Gasteiger partial charge in [0.15, 0.2) is 5.56 Å². The molecule has 3 aromatic rings. The van der Waals surface area contributed by atoms with Crippen LogP contribution in [-0.2, 0) is 6.54 Å². The van der Waals surface area contributed by atoms with Crippen molar-refractivity contribution < 1.29 is 9.90 Å². The topological polar surface area (TPSA) is 117 Å². The highest BCUT2D eigenvalue weighted by Gasteiger charge is 2.30. The fourth-order valence-corrected chi connectivity index (χ4v) is 3.00. The quantitative estimate of drug-likeness (QED) is 0.644. The molecule has 1 aliphatic rings. The first kappa shape index (κ1) is 17.3. The molecule has 0 atom stereocenters. The number of fused-ring (bicyclic) bond motifs is 1. The molecular formula is C18H22N6O3. The maximum Gasteiger partial charge on any atom is 0.291 e. The van der Waals surface area contributed by atoms with Crippen molar-refractivity contribution in [3.63, 3.8) is 0 Å². The van der Waals surface area contributed by atoms with E-state index in [1.807, 2.05) is 20.8 Å². The second-order valence-corrected chi connectivity index (χ2v) is 8.18. The molecule has 1 amide bonds. The fourth-order valence-electron chi connectivity index (χ4n) is 3.00. The molecule has 142 valence electrons. The third-order valence-corrected chi connectivity index (χ3v) is 4.42. The largest absolute Gasteiger partial charge is 0.494 e. The summed E-state index contributed by atoms with van der Waals surface area (Å²) in [5.74, 6) is -0.899. The van der Waals surface area contributed by atoms with Crippen LogP contribution in [0, 0.1) is 5.41 Å². The summed E-state index contributed by atoms with van der Waals surface area (Å²) >= 11 is 0. The van der Waals surface area contributed by atoms with E-state index in [-0.39, 0.29) is 22.9 Å². The van der Waals surface area contributed by atoms with Crippen LogP contribution >= 0.6 is 0 Å². The molecule has 0 aliphatic heterocycles. The number of hydrogen-bond acceptors (Lipinski definition) is 5. The molecule has 9 heteroatoms. The van der Waals surface area contributed by atoms with E-state index in [1.54, 1.807) is 23.0 Å². The maximum absolute atomic E-state index is 12.9. The van der Waals surface area contributed by atoms with Crippen LogP contribution in [0.15, 0.2) is 23.3 Å². The number of nitrogens with zero attached hydrogens (tertiary/aromatic N) is 4. The fraction of sp³-hybridized carbons (Fsp3) is 0.444. The van der Waals surface area contributed by atoms with Crippen molar-refractivity contribution in [2.24, 2.45) is 5.41 Å². The molecule has 27 heavy (non-hydrogen) atoms. The first-order valence-electron chi connectivity index (χ1n) is 8.90. The number of carbonyl (C=O) groups excluding carboxylic acids is 1. The Labute approximate surface area is 155 Å². The second-order valence-electron chi connectivity index (χ2n) is 8.18. The van der Waals surface area contributed by atoms with Gasteiger partial charge in [0, 0.05) is 30.4 Å². The van der Waals surface area contributed by atoms with Gasteiger partial charge in [-0.1, -0.05) is 20.8 Å². The third kappa shape index (κ3) is 3.20. The van der Waals surface area contributed by atoms with E-state index in [0.717, 1.165) is 12.8 Å². The molecule has 3 aromatic heterocycles. The highest BCUT2D eigenvalue weighted by Crippen LogP contribution is 2.27. The van der Waals surface area contributed by atoms with Crippen molar-refractivity contribution in [2.45, 2.75) is 46.2 Å². The first-order chi connectivity index (χ1) is 12.7. The van der Waals surface area contributed by atoms with Gasteiger partial charge in [0.1, 0.15) is 5.65 Å². The monoisotopic (exact) mass is 370 g/mol. The number of H-pyrrole nitrogens is 1. The Hall–Kier alpha value is -3.10. The van der Waals surface area contributed by atoms with E-state index in [9.17, 15) is 14.7 Å². The number of rotatable bonds is 4. The molecule has 0 bridgehead atoms. The predicted octanol–water partition coefficient (Wildman–Crippen LogP) is 1.53. The summed E-state index contributed by atoms with van der Waals surface area (Å²) in [6.45, 7) is 6.44. The summed E-state index contributed by atoms with van der Waals surface area (Å²) in [6, 6.07) is 1.78. The Balaban J connectivity index is 1.95. The van der Waals surface area contributed by atoms with Crippen LogP contribution in [0.5, 0.6) is 5.88 Å². The number of nitrogens with one attached hydrogen (secondary N) is 2. The zero-order valence-corrected chi connectivity index (χ0v) is 15.5. The minimum atomic E-state index is -0.638. The van der Waals surface area contributed by atoms with Gasteiger partial charge in [-0.25, -0.2) is 0 Å². The van der Waals surface area contributed by atoms with Gasteiger partial charge >= 0.3 is 0 Å². The van der Waals surface area contributed by atoms with Crippen molar-refractivity contribution in [1.82, 2.24) is 29.7 Å². The molecule has 0 aromatic carbocycles. The zero-order chi connectivity index (χ0) is 19.3. The lowest BCUT2D eigenvalue weighted by Crippen LogP contribution is -2.35. The summed E-state index contributed by atoms with van der Waals surface area (Å²) in [6.07, 6.45) is 5.04. The van der Waals surface area contributed by atoms with Crippen LogP contribution in [-0.4, -0.2) is 41.4 Å². The van der Waals surface area contributed by atoms with Crippen molar-refractivity contribution in [1.29, 1.82) is 0 Å². The second kappa shape index (κ2) is 5.97. The van der Waals surface area contributed by atoms with E-state index in [1.165, 1.54) is 4.52 Å². The highest BCUT2D eigenvalue weighted by atomic mass is 16.3. The molecule has 0 saturated heterocycles. The van der Waals surface area contributed by atoms with Crippen LogP contribution in [0.25, 0.3) is 16.9 Å². The molecule has 3 heterocycles. The minimum absolute atomic E-state index is 0.0715. The lowest BCUT2D eigenvalue weighted by atomic mass is 9.96. The number of aromatic hydroxyl groups is 1. The molecule has 0 unspecified atom stereocenters. The van der Waals surface area contributed by atoms with Crippen molar-refractivity contribution >= 4 is 11.6 Å². The van der Waals surface area contributed by atoms with E-state index in [0.29, 0.717) is 23.4 Å². The molecule has 4 rings (SSSR count). The van der Waals surface area contributed by atoms with Crippen molar-refractivity contribution in [2.75, 3.05) is 0 Å². The van der Waals surface area contributed by atoms with Crippen LogP contribution in [0.2, 0.25) is 0 Å². The molecule has 3 N–H and O–H groups in total. The zero-order valence-electron chi connectivity index (χ0n) is 15.5. The molecule has 9 nitrogen and oxygen atoms in total. The van der Waals surface area contributed by atoms with Crippen molar-refractivity contribution in [3.8, 4) is 17.1 Å². The van der Waals surface area contributed by atoms with Crippen molar-refractivity contribution in [3.05, 3.63) is 34.4 Å². The minimum Gasteiger partial charge on any atom is -0.494 e. The normalized spacial score (nSPS) is 14.6. The summed E-state index contributed by atoms with van der Waals surface area (Å²) in [5.41, 5.74) is 0.552. The first-order valence-corrected chi connectivity index (χ1v) is 8.90. The summed E-state index contributed by atoms with van der Waals surface area (Å²) in [5, 5.41) is 24.6. The van der Waals surface area contributed by atoms with Gasteiger partial charge in [-0.3, -0.25) is 19.3 Å². The average Bonchev–Trinajstić information content (AvgIpc) is 3.08. The van der Waals surface area contributed by atoms with E-state index in [2.05, 4.69) is 20.6 Å². The summed E-state index contributed by atoms with van der Waals surface area (Å²) in [7, 11) is 0. The lowest BCUT2D eigenvalue weighted by molar-refractivity contribution is 0.0944. The smallest absolute Gasteiger partial charge is 0.291 e. The molecule has 0 spiro atoms. The van der Waals surface area contributed by atoms with Crippen LogP contribution in [0.3, 0.4) is 0 Å². The lowest BCUT2D eigenvalue weighted by Gasteiger charge is -2.23. The number of amides is 1. The van der Waals surface area contributed by atoms with Gasteiger partial charge in [0.25, 0.3) is 11.5 Å². The molecule has 1 fully saturated rings. The Morgan fingerprint density at radius 3 is 2.74 bits per heavy atom. The Kier molecular flexibility index (Phi) is 3.83. The predicted molar refractivity (Wildman–Crippen MR) is 98.6 cm³/mol. The Bertz CT molecular complexity index is 1070. The van der Waals surface area contributed by atoms with Gasteiger partial charge in [0.05, 0.1) is 11.9 Å². The summed E-state index contributed by atoms with van der Waals surface area (Å²) < 4.78 is 2.75. The number of hydrogen-bond donors (Lipinski definition) is 3. The number of carbonyl (C=O) groups is 1. The Morgan fingerprint density at radius 1 is 1.41 bits per heavy atom. The molecule has 0 radical (unpaired) electrons. The highest BCUT2D eigenvalue weighted by molar-refractivity contribution is 5.96. The van der Waals surface area contributed by atoms with Gasteiger partial charge in [0.2, 0.25) is 5.88 Å². The Morgan fingerprint density at radius 2 is 2.15 bits per heavy atom. The van der Waals surface area contributed by atoms with Gasteiger partial charge < -0.3 is 10.4 Å². The SMILES string of the molecule is CC(C)(C)Cn1c(O)c(C(=O)NC2CC2)c(=O)n2nc(-c3cn[nH]c3)cc12. The third-order valence-electron chi connectivity index (χ3n) is 4.42. The van der Waals surface area contributed by atoms with Gasteiger partial charge in [-0.05, 0) is 18.3 Å². The van der Waals surface area contributed by atoms with E-state index >= 15 is 0 Å². The van der Waals surface area contributed by atoms with Crippen LogP contribution in [0.1, 0.15) is 44.0 Å². The van der Waals surface area contributed by atoms with Crippen LogP contribution < -0.4 is 10.9 Å². The number of aromatic amines is 1. The number of aromatic nitrogens is 5. The van der Waals surface area contributed by atoms with E-state index in [4.69, 9.17) is 0 Å². The average molecular weight is 370 g/mol. The van der Waals surface area contributed by atoms with Crippen LogP contribution in [0.4, 0.5) is 0 Å². The summed E-state index contributed by atoms with van der Waals surface area (Å²) in [4.78, 5) is 25.5. The van der Waals surface area contributed by atoms with Gasteiger partial charge in [-0.2, -0.15) is 14.7 Å². The molecule has 1 saturated carbocycles. The van der Waals surface area contributed by atoms with Gasteiger partial charge in [-0.15, -0.1) is 0 Å². The standard InChI is InChI=1S/C18H22N6O3/c1-18(2,3)9-23-13-6-12(10-7-19-20-8-10)22-24(13)17(27)14(16(23)26)15(25)21-11-4-5-11/h6-8,11,26H,4-5,9H2,1-3H3,(H,19,20)(H,21,25).